The maximum atomic E-state index is 11.0. The van der Waals surface area contributed by atoms with Crippen molar-refractivity contribution in [2.45, 2.75) is 6.92 Å². The average molecular weight is 250 g/mol. The van der Waals surface area contributed by atoms with Crippen molar-refractivity contribution in [3.05, 3.63) is 22.2 Å². The number of nitro groups is 1. The molecule has 1 rings (SSSR count). The molecule has 96 valence electrons. The lowest BCUT2D eigenvalue weighted by atomic mass is 10.2. The summed E-state index contributed by atoms with van der Waals surface area (Å²) in [4.78, 5) is 10.5. The molecule has 0 saturated carbocycles. The van der Waals surface area contributed by atoms with Crippen LogP contribution in [0.1, 0.15) is 6.92 Å². The molecule has 1 N–H and O–H groups in total. The number of ether oxygens (including phenoxy) is 2. The second kappa shape index (κ2) is 6.35. The van der Waals surface area contributed by atoms with E-state index < -0.39 is 4.92 Å². The third-order valence-corrected chi connectivity index (χ3v) is 2.24. The largest absolute Gasteiger partial charge is 0.493 e. The lowest BCUT2D eigenvalue weighted by Crippen LogP contribution is -2.04. The first-order chi connectivity index (χ1) is 8.63. The van der Waals surface area contributed by atoms with Crippen molar-refractivity contribution < 1.29 is 14.4 Å². The van der Waals surface area contributed by atoms with Gasteiger partial charge in [-0.25, -0.2) is 0 Å². The number of hydrogen-bond donors (Lipinski definition) is 1. The van der Waals surface area contributed by atoms with Crippen LogP contribution in [0.15, 0.2) is 12.1 Å². The highest BCUT2D eigenvalue weighted by Gasteiger charge is 2.18. The molecule has 1 aromatic carbocycles. The van der Waals surface area contributed by atoms with Crippen molar-refractivity contribution in [1.29, 1.82) is 0 Å². The molecule has 1 aromatic rings. The summed E-state index contributed by atoms with van der Waals surface area (Å²) in [6.45, 7) is 2.03. The summed E-state index contributed by atoms with van der Waals surface area (Å²) >= 11 is 0. The Morgan fingerprint density at radius 2 is 1.94 bits per heavy atom. The number of hydrogen-bond acceptors (Lipinski definition) is 5. The zero-order valence-electron chi connectivity index (χ0n) is 10.4. The summed E-state index contributed by atoms with van der Waals surface area (Å²) in [5.41, 5.74) is 0.269. The van der Waals surface area contributed by atoms with Crippen molar-refractivity contribution in [2.75, 3.05) is 26.1 Å². The zero-order valence-corrected chi connectivity index (χ0v) is 10.4. The van der Waals surface area contributed by atoms with Crippen LogP contribution in [0.5, 0.6) is 11.5 Å². The van der Waals surface area contributed by atoms with Crippen molar-refractivity contribution in [3.8, 4) is 23.3 Å². The molecule has 0 radical (unpaired) electrons. The van der Waals surface area contributed by atoms with E-state index in [1.807, 2.05) is 0 Å². The van der Waals surface area contributed by atoms with E-state index in [1.165, 1.54) is 26.4 Å². The summed E-state index contributed by atoms with van der Waals surface area (Å²) in [5, 5.41) is 13.8. The molecule has 0 aromatic heterocycles. The zero-order chi connectivity index (χ0) is 13.5. The van der Waals surface area contributed by atoms with E-state index in [2.05, 4.69) is 17.2 Å². The fraction of sp³-hybridized carbons (Fsp3) is 0.333. The predicted octanol–water partition coefficient (Wildman–Crippen LogP) is 2.05. The predicted molar refractivity (Wildman–Crippen MR) is 68.1 cm³/mol. The third-order valence-electron chi connectivity index (χ3n) is 2.24. The first-order valence-electron chi connectivity index (χ1n) is 5.18. The van der Waals surface area contributed by atoms with E-state index in [4.69, 9.17) is 9.47 Å². The van der Waals surface area contributed by atoms with Gasteiger partial charge in [-0.05, 0) is 6.92 Å². The first-order valence-corrected chi connectivity index (χ1v) is 5.18. The molecule has 0 aliphatic carbocycles. The van der Waals surface area contributed by atoms with E-state index in [0.29, 0.717) is 23.7 Å². The number of nitrogens with one attached hydrogen (secondary N) is 1. The molecule has 0 aliphatic heterocycles. The lowest BCUT2D eigenvalue weighted by molar-refractivity contribution is -0.384. The highest BCUT2D eigenvalue weighted by atomic mass is 16.6. The van der Waals surface area contributed by atoms with Crippen molar-refractivity contribution >= 4 is 11.4 Å². The Balaban J connectivity index is 3.18. The van der Waals surface area contributed by atoms with Crippen LogP contribution >= 0.6 is 0 Å². The van der Waals surface area contributed by atoms with Gasteiger partial charge in [0.15, 0.2) is 11.5 Å². The highest BCUT2D eigenvalue weighted by Crippen LogP contribution is 2.37. The second-order valence-electron chi connectivity index (χ2n) is 3.26. The van der Waals surface area contributed by atoms with Crippen LogP contribution in [0.3, 0.4) is 0 Å². The molecule has 0 spiro atoms. The SMILES string of the molecule is CC#CCNc1cc(OC)c(OC)cc1[N+](=O)[O-]. The van der Waals surface area contributed by atoms with Gasteiger partial charge in [0.25, 0.3) is 5.69 Å². The van der Waals surface area contributed by atoms with E-state index in [0.717, 1.165) is 0 Å². The smallest absolute Gasteiger partial charge is 0.296 e. The molecule has 6 nitrogen and oxygen atoms in total. The third kappa shape index (κ3) is 3.04. The average Bonchev–Trinajstić information content (AvgIpc) is 2.38. The number of methoxy groups -OCH3 is 2. The number of nitro benzene ring substituents is 1. The van der Waals surface area contributed by atoms with Crippen LogP contribution in [0, 0.1) is 22.0 Å². The summed E-state index contributed by atoms with van der Waals surface area (Å²) in [7, 11) is 2.90. The van der Waals surface area contributed by atoms with Crippen molar-refractivity contribution in [3.63, 3.8) is 0 Å². The molecular formula is C12H14N2O4. The minimum atomic E-state index is -0.482. The summed E-state index contributed by atoms with van der Waals surface area (Å²) in [6, 6.07) is 2.84. The number of benzene rings is 1. The van der Waals surface area contributed by atoms with Crippen LogP contribution in [0.2, 0.25) is 0 Å². The van der Waals surface area contributed by atoms with Crippen molar-refractivity contribution in [1.82, 2.24) is 0 Å². The number of nitrogens with zero attached hydrogens (tertiary/aromatic N) is 1. The molecule has 0 amide bonds. The van der Waals surface area contributed by atoms with Crippen LogP contribution in [0.4, 0.5) is 11.4 Å². The molecule has 0 atom stereocenters. The van der Waals surface area contributed by atoms with Crippen LogP contribution < -0.4 is 14.8 Å². The molecule has 0 aliphatic rings. The first kappa shape index (κ1) is 13.6. The van der Waals surface area contributed by atoms with E-state index in [1.54, 1.807) is 6.92 Å². The normalized spacial score (nSPS) is 9.06. The number of rotatable bonds is 5. The molecular weight excluding hydrogens is 236 g/mol. The van der Waals surface area contributed by atoms with Gasteiger partial charge in [0.05, 0.1) is 31.8 Å². The Bertz CT molecular complexity index is 503. The van der Waals surface area contributed by atoms with Gasteiger partial charge in [0.1, 0.15) is 5.69 Å². The van der Waals surface area contributed by atoms with Gasteiger partial charge in [-0.3, -0.25) is 10.1 Å². The van der Waals surface area contributed by atoms with Gasteiger partial charge in [-0.15, -0.1) is 5.92 Å². The Morgan fingerprint density at radius 1 is 1.33 bits per heavy atom. The van der Waals surface area contributed by atoms with Gasteiger partial charge >= 0.3 is 0 Å². The lowest BCUT2D eigenvalue weighted by Gasteiger charge is -2.10. The molecule has 18 heavy (non-hydrogen) atoms. The fourth-order valence-electron chi connectivity index (χ4n) is 1.39. The van der Waals surface area contributed by atoms with Crippen LogP contribution in [0.25, 0.3) is 0 Å². The second-order valence-corrected chi connectivity index (χ2v) is 3.26. The van der Waals surface area contributed by atoms with Gasteiger partial charge in [-0.2, -0.15) is 0 Å². The summed E-state index contributed by atoms with van der Waals surface area (Å²) in [6.07, 6.45) is 0. The molecule has 6 heteroatoms. The summed E-state index contributed by atoms with van der Waals surface area (Å²) < 4.78 is 10.1. The topological polar surface area (TPSA) is 73.6 Å². The quantitative estimate of drug-likeness (QED) is 0.492. The van der Waals surface area contributed by atoms with E-state index in [9.17, 15) is 10.1 Å². The molecule has 0 bridgehead atoms. The monoisotopic (exact) mass is 250 g/mol. The van der Waals surface area contributed by atoms with Gasteiger partial charge in [0, 0.05) is 6.07 Å². The molecule has 0 fully saturated rings. The maximum Gasteiger partial charge on any atom is 0.296 e. The van der Waals surface area contributed by atoms with Crippen LogP contribution in [-0.4, -0.2) is 25.7 Å². The highest BCUT2D eigenvalue weighted by molar-refractivity contribution is 5.68. The molecule has 0 unspecified atom stereocenters. The summed E-state index contributed by atoms with van der Waals surface area (Å²) in [5.74, 6) is 6.21. The Morgan fingerprint density at radius 3 is 2.44 bits per heavy atom. The maximum absolute atomic E-state index is 11.0. The molecule has 0 saturated heterocycles. The molecule has 0 heterocycles. The van der Waals surface area contributed by atoms with Gasteiger partial charge < -0.3 is 14.8 Å². The Hall–Kier alpha value is -2.42. The standard InChI is InChI=1S/C12H14N2O4/c1-4-5-6-13-9-7-11(17-2)12(18-3)8-10(9)14(15)16/h7-8,13H,6H2,1-3H3. The minimum absolute atomic E-state index is 0.0782. The van der Waals surface area contributed by atoms with Crippen LogP contribution in [-0.2, 0) is 0 Å². The van der Waals surface area contributed by atoms with E-state index in [-0.39, 0.29) is 5.69 Å². The van der Waals surface area contributed by atoms with Crippen molar-refractivity contribution in [2.24, 2.45) is 0 Å². The Labute approximate surface area is 105 Å². The van der Waals surface area contributed by atoms with Gasteiger partial charge in [0.2, 0.25) is 0 Å². The minimum Gasteiger partial charge on any atom is -0.493 e. The Kier molecular flexibility index (Phi) is 4.81. The fourth-order valence-corrected chi connectivity index (χ4v) is 1.39. The number of anilines is 1. The van der Waals surface area contributed by atoms with E-state index >= 15 is 0 Å². The van der Waals surface area contributed by atoms with Gasteiger partial charge in [-0.1, -0.05) is 5.92 Å².